The van der Waals surface area contributed by atoms with E-state index < -0.39 is 5.97 Å². The number of aryl methyl sites for hydroxylation is 1. The molecule has 1 aromatic carbocycles. The van der Waals surface area contributed by atoms with Gasteiger partial charge in [0, 0.05) is 12.2 Å². The highest BCUT2D eigenvalue weighted by Crippen LogP contribution is 2.14. The van der Waals surface area contributed by atoms with Crippen LogP contribution in [0.4, 0.5) is 5.69 Å². The van der Waals surface area contributed by atoms with Crippen molar-refractivity contribution in [2.45, 2.75) is 33.9 Å². The molecule has 1 heterocycles. The second-order valence-electron chi connectivity index (χ2n) is 5.40. The van der Waals surface area contributed by atoms with Gasteiger partial charge < -0.3 is 10.5 Å². The molecule has 0 saturated carbocycles. The summed E-state index contributed by atoms with van der Waals surface area (Å²) in [6, 6.07) is 5.12. The molecule has 0 bridgehead atoms. The summed E-state index contributed by atoms with van der Waals surface area (Å²) in [5.74, 6) is 0.663. The lowest BCUT2D eigenvalue weighted by Crippen LogP contribution is -2.13. The summed E-state index contributed by atoms with van der Waals surface area (Å²) in [5.41, 5.74) is 7.74. The summed E-state index contributed by atoms with van der Waals surface area (Å²) < 4.78 is 7.02. The van der Waals surface area contributed by atoms with Crippen LogP contribution in [0.5, 0.6) is 0 Å². The van der Waals surface area contributed by atoms with Crippen LogP contribution >= 0.6 is 0 Å². The standard InChI is InChI=1S/C15H20N4O2/c1-10(2)7-19-14(17-9-18-19)8-21-15(20)12-5-4-11(3)13(16)6-12/h4-6,9-10H,7-8,16H2,1-3H3. The maximum Gasteiger partial charge on any atom is 0.338 e. The first-order chi connectivity index (χ1) is 9.97. The van der Waals surface area contributed by atoms with E-state index in [1.54, 1.807) is 22.9 Å². The Balaban J connectivity index is 2.01. The quantitative estimate of drug-likeness (QED) is 0.673. The number of ether oxygens (including phenoxy) is 1. The van der Waals surface area contributed by atoms with E-state index in [2.05, 4.69) is 23.9 Å². The largest absolute Gasteiger partial charge is 0.454 e. The zero-order chi connectivity index (χ0) is 15.4. The Morgan fingerprint density at radius 1 is 1.43 bits per heavy atom. The van der Waals surface area contributed by atoms with E-state index in [4.69, 9.17) is 10.5 Å². The van der Waals surface area contributed by atoms with Crippen LogP contribution in [0, 0.1) is 12.8 Å². The topological polar surface area (TPSA) is 83.0 Å². The number of nitrogens with zero attached hydrogens (tertiary/aromatic N) is 3. The molecule has 2 N–H and O–H groups in total. The van der Waals surface area contributed by atoms with E-state index in [0.717, 1.165) is 12.1 Å². The Bertz CT molecular complexity index is 634. The van der Waals surface area contributed by atoms with Crippen LogP contribution < -0.4 is 5.73 Å². The first-order valence-corrected chi connectivity index (χ1v) is 6.87. The highest BCUT2D eigenvalue weighted by atomic mass is 16.5. The van der Waals surface area contributed by atoms with Gasteiger partial charge in [-0.25, -0.2) is 14.5 Å². The van der Waals surface area contributed by atoms with E-state index in [9.17, 15) is 4.79 Å². The molecule has 0 radical (unpaired) electrons. The van der Waals surface area contributed by atoms with Crippen molar-refractivity contribution in [3.05, 3.63) is 41.5 Å². The van der Waals surface area contributed by atoms with Crippen LogP contribution in [-0.4, -0.2) is 20.7 Å². The fraction of sp³-hybridized carbons (Fsp3) is 0.400. The number of carbonyl (C=O) groups excluding carboxylic acids is 1. The summed E-state index contributed by atoms with van der Waals surface area (Å²) in [4.78, 5) is 16.1. The summed E-state index contributed by atoms with van der Waals surface area (Å²) >= 11 is 0. The summed E-state index contributed by atoms with van der Waals surface area (Å²) in [5, 5.41) is 4.13. The van der Waals surface area contributed by atoms with Gasteiger partial charge in [-0.2, -0.15) is 5.10 Å². The molecule has 0 amide bonds. The molecule has 1 aromatic heterocycles. The van der Waals surface area contributed by atoms with Gasteiger partial charge in [-0.15, -0.1) is 0 Å². The van der Waals surface area contributed by atoms with Crippen LogP contribution in [0.15, 0.2) is 24.5 Å². The van der Waals surface area contributed by atoms with Crippen LogP contribution in [0.3, 0.4) is 0 Å². The number of aromatic nitrogens is 3. The van der Waals surface area contributed by atoms with Gasteiger partial charge in [0.05, 0.1) is 5.56 Å². The average Bonchev–Trinajstić information content (AvgIpc) is 2.85. The molecule has 0 saturated heterocycles. The van der Waals surface area contributed by atoms with Crippen molar-refractivity contribution in [2.24, 2.45) is 5.92 Å². The number of esters is 1. The van der Waals surface area contributed by atoms with Gasteiger partial charge in [0.1, 0.15) is 6.33 Å². The Hall–Kier alpha value is -2.37. The van der Waals surface area contributed by atoms with Crippen molar-refractivity contribution < 1.29 is 9.53 Å². The Morgan fingerprint density at radius 2 is 2.19 bits per heavy atom. The van der Waals surface area contributed by atoms with E-state index in [0.29, 0.717) is 23.0 Å². The monoisotopic (exact) mass is 288 g/mol. The summed E-state index contributed by atoms with van der Waals surface area (Å²) in [7, 11) is 0. The maximum absolute atomic E-state index is 12.0. The second kappa shape index (κ2) is 6.39. The van der Waals surface area contributed by atoms with E-state index >= 15 is 0 Å². The van der Waals surface area contributed by atoms with Crippen molar-refractivity contribution in [3.63, 3.8) is 0 Å². The minimum absolute atomic E-state index is 0.0966. The summed E-state index contributed by atoms with van der Waals surface area (Å²) in [6.07, 6.45) is 1.47. The lowest BCUT2D eigenvalue weighted by atomic mass is 10.1. The van der Waals surface area contributed by atoms with Crippen molar-refractivity contribution in [1.29, 1.82) is 0 Å². The molecule has 0 aliphatic heterocycles. The van der Waals surface area contributed by atoms with Gasteiger partial charge in [0.2, 0.25) is 0 Å². The number of carbonyl (C=O) groups is 1. The molecule has 0 atom stereocenters. The van der Waals surface area contributed by atoms with Gasteiger partial charge >= 0.3 is 5.97 Å². The SMILES string of the molecule is Cc1ccc(C(=O)OCc2ncnn2CC(C)C)cc1N. The fourth-order valence-electron chi connectivity index (χ4n) is 1.88. The minimum atomic E-state index is -0.416. The molecular weight excluding hydrogens is 268 g/mol. The zero-order valence-corrected chi connectivity index (χ0v) is 12.5. The van der Waals surface area contributed by atoms with E-state index in [1.165, 1.54) is 6.33 Å². The molecule has 0 aliphatic rings. The number of nitrogens with two attached hydrogens (primary N) is 1. The molecule has 112 valence electrons. The molecule has 2 rings (SSSR count). The predicted octanol–water partition coefficient (Wildman–Crippen LogP) is 2.18. The van der Waals surface area contributed by atoms with E-state index in [1.807, 2.05) is 6.92 Å². The third kappa shape index (κ3) is 3.81. The molecule has 2 aromatic rings. The van der Waals surface area contributed by atoms with Gasteiger partial charge in [-0.1, -0.05) is 19.9 Å². The van der Waals surface area contributed by atoms with Crippen molar-refractivity contribution in [1.82, 2.24) is 14.8 Å². The third-order valence-electron chi connectivity index (χ3n) is 3.08. The molecule has 0 fully saturated rings. The molecule has 21 heavy (non-hydrogen) atoms. The first kappa shape index (κ1) is 15.0. The number of nitrogen functional groups attached to an aromatic ring is 1. The van der Waals surface area contributed by atoms with E-state index in [-0.39, 0.29) is 6.61 Å². The highest BCUT2D eigenvalue weighted by Gasteiger charge is 2.12. The van der Waals surface area contributed by atoms with Crippen LogP contribution in [-0.2, 0) is 17.9 Å². The van der Waals surface area contributed by atoms with Crippen LogP contribution in [0.1, 0.15) is 35.6 Å². The van der Waals surface area contributed by atoms with Gasteiger partial charge in [-0.05, 0) is 30.5 Å². The van der Waals surface area contributed by atoms with Crippen LogP contribution in [0.25, 0.3) is 0 Å². The Kier molecular flexibility index (Phi) is 4.57. The lowest BCUT2D eigenvalue weighted by molar-refractivity contribution is 0.0456. The minimum Gasteiger partial charge on any atom is -0.454 e. The fourth-order valence-corrected chi connectivity index (χ4v) is 1.88. The lowest BCUT2D eigenvalue weighted by Gasteiger charge is -2.09. The smallest absolute Gasteiger partial charge is 0.338 e. The van der Waals surface area contributed by atoms with Gasteiger partial charge in [0.25, 0.3) is 0 Å². The average molecular weight is 288 g/mol. The number of hydrogen-bond acceptors (Lipinski definition) is 5. The number of rotatable bonds is 5. The number of anilines is 1. The third-order valence-corrected chi connectivity index (χ3v) is 3.08. The number of benzene rings is 1. The Morgan fingerprint density at radius 3 is 2.86 bits per heavy atom. The molecule has 6 nitrogen and oxygen atoms in total. The molecular formula is C15H20N4O2. The number of hydrogen-bond donors (Lipinski definition) is 1. The second-order valence-corrected chi connectivity index (χ2v) is 5.40. The zero-order valence-electron chi connectivity index (χ0n) is 12.5. The van der Waals surface area contributed by atoms with Crippen molar-refractivity contribution in [3.8, 4) is 0 Å². The molecule has 0 unspecified atom stereocenters. The van der Waals surface area contributed by atoms with Crippen LogP contribution in [0.2, 0.25) is 0 Å². The summed E-state index contributed by atoms with van der Waals surface area (Å²) in [6.45, 7) is 6.90. The predicted molar refractivity (Wildman–Crippen MR) is 79.6 cm³/mol. The first-order valence-electron chi connectivity index (χ1n) is 6.87. The van der Waals surface area contributed by atoms with Gasteiger partial charge in [0.15, 0.2) is 12.4 Å². The Labute approximate surface area is 123 Å². The normalized spacial score (nSPS) is 10.9. The highest BCUT2D eigenvalue weighted by molar-refractivity contribution is 5.90. The maximum atomic E-state index is 12.0. The molecule has 0 aliphatic carbocycles. The molecule has 0 spiro atoms. The van der Waals surface area contributed by atoms with Crippen molar-refractivity contribution in [2.75, 3.05) is 5.73 Å². The molecule has 6 heteroatoms. The van der Waals surface area contributed by atoms with Gasteiger partial charge in [-0.3, -0.25) is 0 Å². The van der Waals surface area contributed by atoms with Crippen molar-refractivity contribution >= 4 is 11.7 Å².